The van der Waals surface area contributed by atoms with Crippen molar-refractivity contribution in [2.24, 2.45) is 0 Å². The van der Waals surface area contributed by atoms with Gasteiger partial charge in [-0.2, -0.15) is 9.47 Å². The van der Waals surface area contributed by atoms with Crippen molar-refractivity contribution in [1.82, 2.24) is 24.4 Å². The van der Waals surface area contributed by atoms with Gasteiger partial charge >= 0.3 is 0 Å². The Morgan fingerprint density at radius 1 is 1.19 bits per heavy atom. The number of hydrogen-bond acceptors (Lipinski definition) is 7. The van der Waals surface area contributed by atoms with Crippen LogP contribution < -0.4 is 9.80 Å². The SMILES string of the molecule is O=C1c2cn(-c3ccc(N4CC[C@H](F)C4)nn3)nc2CN1c1ccns1. The van der Waals surface area contributed by atoms with Crippen LogP contribution in [0.1, 0.15) is 22.5 Å². The van der Waals surface area contributed by atoms with E-state index in [1.54, 1.807) is 34.1 Å². The first kappa shape index (κ1) is 15.4. The fourth-order valence-corrected chi connectivity index (χ4v) is 3.85. The first-order valence-electron chi connectivity index (χ1n) is 8.23. The van der Waals surface area contributed by atoms with E-state index in [2.05, 4.69) is 19.7 Å². The van der Waals surface area contributed by atoms with Crippen molar-refractivity contribution in [2.75, 3.05) is 22.9 Å². The van der Waals surface area contributed by atoms with E-state index in [0.29, 0.717) is 48.9 Å². The molecule has 8 nitrogen and oxygen atoms in total. The minimum atomic E-state index is -0.807. The van der Waals surface area contributed by atoms with Crippen LogP contribution in [0.2, 0.25) is 0 Å². The molecule has 0 saturated carbocycles. The van der Waals surface area contributed by atoms with Crippen LogP contribution in [0.15, 0.2) is 30.6 Å². The number of amides is 1. The van der Waals surface area contributed by atoms with Crippen LogP contribution >= 0.6 is 11.5 Å². The third kappa shape index (κ3) is 2.45. The fraction of sp³-hybridized carbons (Fsp3) is 0.312. The van der Waals surface area contributed by atoms with Crippen LogP contribution in [0.25, 0.3) is 5.82 Å². The maximum atomic E-state index is 13.3. The predicted molar refractivity (Wildman–Crippen MR) is 93.5 cm³/mol. The highest BCUT2D eigenvalue weighted by Gasteiger charge is 2.33. The van der Waals surface area contributed by atoms with Crippen LogP contribution in [0.3, 0.4) is 0 Å². The normalized spacial score (nSPS) is 19.4. The predicted octanol–water partition coefficient (Wildman–Crippen LogP) is 1.83. The molecule has 0 aromatic carbocycles. The topological polar surface area (TPSA) is 80.0 Å². The Kier molecular flexibility index (Phi) is 3.45. The lowest BCUT2D eigenvalue weighted by Gasteiger charge is -2.15. The molecule has 3 aromatic heterocycles. The quantitative estimate of drug-likeness (QED) is 0.699. The molecule has 1 saturated heterocycles. The Bertz CT molecular complexity index is 956. The van der Waals surface area contributed by atoms with Crippen LogP contribution in [0.4, 0.5) is 15.2 Å². The van der Waals surface area contributed by atoms with Crippen molar-refractivity contribution in [3.8, 4) is 5.82 Å². The zero-order valence-corrected chi connectivity index (χ0v) is 14.4. The van der Waals surface area contributed by atoms with Gasteiger partial charge in [0.15, 0.2) is 11.6 Å². The molecule has 5 rings (SSSR count). The highest BCUT2D eigenvalue weighted by Crippen LogP contribution is 2.30. The molecule has 5 heterocycles. The summed E-state index contributed by atoms with van der Waals surface area (Å²) in [5.41, 5.74) is 1.26. The van der Waals surface area contributed by atoms with E-state index in [-0.39, 0.29) is 5.91 Å². The average molecular weight is 371 g/mol. The highest BCUT2D eigenvalue weighted by atomic mass is 32.1. The summed E-state index contributed by atoms with van der Waals surface area (Å²) in [4.78, 5) is 16.1. The van der Waals surface area contributed by atoms with Gasteiger partial charge in [0.05, 0.1) is 24.3 Å². The third-order valence-corrected chi connectivity index (χ3v) is 5.36. The Labute approximate surface area is 152 Å². The van der Waals surface area contributed by atoms with Gasteiger partial charge in [-0.15, -0.1) is 10.2 Å². The molecule has 26 heavy (non-hydrogen) atoms. The van der Waals surface area contributed by atoms with E-state index in [1.807, 2.05) is 11.0 Å². The second kappa shape index (κ2) is 5.84. The Morgan fingerprint density at radius 2 is 2.04 bits per heavy atom. The van der Waals surface area contributed by atoms with Crippen molar-refractivity contribution in [1.29, 1.82) is 0 Å². The average Bonchev–Trinajstić information content (AvgIpc) is 3.41. The molecule has 1 amide bonds. The number of alkyl halides is 1. The molecule has 2 aliphatic rings. The molecule has 3 aromatic rings. The molecule has 0 aliphatic carbocycles. The first-order valence-corrected chi connectivity index (χ1v) is 9.00. The number of aromatic nitrogens is 5. The van der Waals surface area contributed by atoms with Gasteiger partial charge < -0.3 is 4.90 Å². The Hall–Kier alpha value is -2.88. The van der Waals surface area contributed by atoms with Crippen molar-refractivity contribution in [3.63, 3.8) is 0 Å². The zero-order valence-electron chi connectivity index (χ0n) is 13.6. The molecule has 1 atom stereocenters. The Morgan fingerprint density at radius 3 is 2.69 bits per heavy atom. The maximum absolute atomic E-state index is 13.3. The van der Waals surface area contributed by atoms with Crippen LogP contribution in [-0.4, -0.2) is 49.5 Å². The molecule has 132 valence electrons. The molecule has 1 fully saturated rings. The Balaban J connectivity index is 1.37. The van der Waals surface area contributed by atoms with Gasteiger partial charge in [-0.1, -0.05) is 0 Å². The summed E-state index contributed by atoms with van der Waals surface area (Å²) < 4.78 is 18.9. The summed E-state index contributed by atoms with van der Waals surface area (Å²) in [6.07, 6.45) is 3.06. The van der Waals surface area contributed by atoms with Crippen molar-refractivity contribution in [3.05, 3.63) is 41.9 Å². The van der Waals surface area contributed by atoms with E-state index < -0.39 is 6.17 Å². The summed E-state index contributed by atoms with van der Waals surface area (Å²) >= 11 is 1.28. The lowest BCUT2D eigenvalue weighted by molar-refractivity contribution is 0.0997. The van der Waals surface area contributed by atoms with Gasteiger partial charge in [-0.05, 0) is 36.2 Å². The van der Waals surface area contributed by atoms with E-state index in [0.717, 1.165) is 5.00 Å². The van der Waals surface area contributed by atoms with Crippen molar-refractivity contribution in [2.45, 2.75) is 19.1 Å². The minimum absolute atomic E-state index is 0.0915. The van der Waals surface area contributed by atoms with Crippen molar-refractivity contribution >= 4 is 28.3 Å². The molecule has 2 aliphatic heterocycles. The summed E-state index contributed by atoms with van der Waals surface area (Å²) in [6, 6.07) is 5.40. The van der Waals surface area contributed by atoms with Gasteiger partial charge in [0, 0.05) is 18.9 Å². The van der Waals surface area contributed by atoms with E-state index in [1.165, 1.54) is 11.5 Å². The molecule has 0 unspecified atom stereocenters. The number of hydrogen-bond donors (Lipinski definition) is 0. The second-order valence-corrected chi connectivity index (χ2v) is 7.07. The zero-order chi connectivity index (χ0) is 17.7. The monoisotopic (exact) mass is 371 g/mol. The summed E-state index contributed by atoms with van der Waals surface area (Å²) in [5.74, 6) is 1.09. The van der Waals surface area contributed by atoms with Gasteiger partial charge in [0.25, 0.3) is 5.91 Å². The molecule has 10 heteroatoms. The lowest BCUT2D eigenvalue weighted by Crippen LogP contribution is -2.23. The molecule has 0 spiro atoms. The van der Waals surface area contributed by atoms with Crippen molar-refractivity contribution < 1.29 is 9.18 Å². The highest BCUT2D eigenvalue weighted by molar-refractivity contribution is 7.10. The molecular weight excluding hydrogens is 357 g/mol. The number of carbonyl (C=O) groups is 1. The molecular formula is C16H14FN7OS. The minimum Gasteiger partial charge on any atom is -0.352 e. The number of rotatable bonds is 3. The van der Waals surface area contributed by atoms with Crippen LogP contribution in [0.5, 0.6) is 0 Å². The van der Waals surface area contributed by atoms with E-state index in [9.17, 15) is 9.18 Å². The fourth-order valence-electron chi connectivity index (χ4n) is 3.25. The van der Waals surface area contributed by atoms with Crippen LogP contribution in [0, 0.1) is 0 Å². The number of halogens is 1. The van der Waals surface area contributed by atoms with E-state index in [4.69, 9.17) is 0 Å². The van der Waals surface area contributed by atoms with Gasteiger partial charge in [0.2, 0.25) is 0 Å². The third-order valence-electron chi connectivity index (χ3n) is 4.59. The van der Waals surface area contributed by atoms with Gasteiger partial charge in [0.1, 0.15) is 11.2 Å². The first-order chi connectivity index (χ1) is 12.7. The second-order valence-electron chi connectivity index (χ2n) is 6.26. The molecule has 0 bridgehead atoms. The number of fused-ring (bicyclic) bond motifs is 1. The summed E-state index contributed by atoms with van der Waals surface area (Å²) in [7, 11) is 0. The largest absolute Gasteiger partial charge is 0.352 e. The molecule has 0 radical (unpaired) electrons. The molecule has 0 N–H and O–H groups in total. The van der Waals surface area contributed by atoms with Crippen LogP contribution in [-0.2, 0) is 6.54 Å². The standard InChI is InChI=1S/C16H14FN7OS/c17-10-4-6-22(7-10)13-1-2-14(20-19-13)24-8-11-12(21-24)9-23(16(11)25)15-3-5-18-26-15/h1-3,5,8,10H,4,6-7,9H2/t10-/m0/s1. The van der Waals surface area contributed by atoms with Gasteiger partial charge in [-0.25, -0.2) is 9.07 Å². The lowest BCUT2D eigenvalue weighted by atomic mass is 10.3. The van der Waals surface area contributed by atoms with E-state index >= 15 is 0 Å². The maximum Gasteiger partial charge on any atom is 0.262 e. The van der Waals surface area contributed by atoms with Gasteiger partial charge in [-0.3, -0.25) is 9.69 Å². The number of anilines is 2. The number of nitrogens with zero attached hydrogens (tertiary/aromatic N) is 7. The smallest absolute Gasteiger partial charge is 0.262 e. The summed E-state index contributed by atoms with van der Waals surface area (Å²) in [6.45, 7) is 1.42. The number of carbonyl (C=O) groups excluding carboxylic acids is 1. The summed E-state index contributed by atoms with van der Waals surface area (Å²) in [5, 5.41) is 13.6.